The summed E-state index contributed by atoms with van der Waals surface area (Å²) in [6.45, 7) is 8.64. The summed E-state index contributed by atoms with van der Waals surface area (Å²) in [7, 11) is 2.15. The lowest BCUT2D eigenvalue weighted by atomic mass is 9.99. The number of benzene rings is 2. The maximum absolute atomic E-state index is 13.3. The molecule has 0 atom stereocenters. The number of likely N-dealkylation sites (N-methyl/N-ethyl adjacent to an activating group) is 1. The van der Waals surface area contributed by atoms with Crippen LogP contribution in [0.15, 0.2) is 66.9 Å². The number of carbonyl (C=O) groups is 1. The Morgan fingerprint density at radius 3 is 2.51 bits per heavy atom. The fraction of sp³-hybridized carbons (Fsp3) is 0.276. The van der Waals surface area contributed by atoms with Gasteiger partial charge in [0, 0.05) is 49.9 Å². The van der Waals surface area contributed by atoms with E-state index >= 15 is 0 Å². The number of carbonyl (C=O) groups excluding carboxylic acids is 1. The Bertz CT molecular complexity index is 1360. The van der Waals surface area contributed by atoms with Crippen LogP contribution in [-0.2, 0) is 6.54 Å². The monoisotopic (exact) mass is 465 g/mol. The molecule has 2 aromatic heterocycles. The summed E-state index contributed by atoms with van der Waals surface area (Å²) in [4.78, 5) is 27.5. The Morgan fingerprint density at radius 1 is 0.971 bits per heavy atom. The summed E-state index contributed by atoms with van der Waals surface area (Å²) < 4.78 is 0. The largest absolute Gasteiger partial charge is 0.354 e. The summed E-state index contributed by atoms with van der Waals surface area (Å²) in [5.74, 6) is 0.879. The van der Waals surface area contributed by atoms with Gasteiger partial charge in [0.05, 0.1) is 16.8 Å². The van der Waals surface area contributed by atoms with Crippen LogP contribution in [0.5, 0.6) is 0 Å². The van der Waals surface area contributed by atoms with Gasteiger partial charge in [0.2, 0.25) is 0 Å². The molecular weight excluding hydrogens is 434 g/mol. The van der Waals surface area contributed by atoms with Crippen molar-refractivity contribution in [1.82, 2.24) is 20.2 Å². The van der Waals surface area contributed by atoms with Gasteiger partial charge in [-0.25, -0.2) is 9.97 Å². The normalized spacial score (nSPS) is 14.3. The number of piperazine rings is 1. The van der Waals surface area contributed by atoms with Crippen molar-refractivity contribution in [3.8, 4) is 11.3 Å². The number of para-hydroxylation sites is 1. The molecule has 0 radical (unpaired) electrons. The van der Waals surface area contributed by atoms with Crippen LogP contribution in [0.3, 0.4) is 0 Å². The first-order valence-corrected chi connectivity index (χ1v) is 12.1. The lowest BCUT2D eigenvalue weighted by Crippen LogP contribution is -2.44. The van der Waals surface area contributed by atoms with E-state index in [1.807, 2.05) is 48.7 Å². The third-order valence-electron chi connectivity index (χ3n) is 6.71. The molecule has 1 fully saturated rings. The zero-order valence-electron chi connectivity index (χ0n) is 20.6. The minimum Gasteiger partial charge on any atom is -0.354 e. The van der Waals surface area contributed by atoms with Gasteiger partial charge in [-0.05, 0) is 50.2 Å². The van der Waals surface area contributed by atoms with Crippen molar-refractivity contribution in [2.24, 2.45) is 0 Å². The van der Waals surface area contributed by atoms with E-state index in [0.717, 1.165) is 65.3 Å². The Balaban J connectivity index is 1.36. The van der Waals surface area contributed by atoms with E-state index < -0.39 is 0 Å². The highest BCUT2D eigenvalue weighted by atomic mass is 16.1. The molecule has 0 spiro atoms. The minimum absolute atomic E-state index is 0.113. The molecule has 0 saturated carbocycles. The molecule has 178 valence electrons. The first-order chi connectivity index (χ1) is 17.0. The second-order valence-corrected chi connectivity index (χ2v) is 9.39. The SMILES string of the molecule is Cc1ccc(-c2cc(C(=O)NCc3ccc(N4CCN(C)CC4)nc3)c3ccccc3n2)c(C)c1. The third-order valence-corrected chi connectivity index (χ3v) is 6.71. The smallest absolute Gasteiger partial charge is 0.252 e. The lowest BCUT2D eigenvalue weighted by Gasteiger charge is -2.33. The molecule has 0 bridgehead atoms. The van der Waals surface area contributed by atoms with Gasteiger partial charge in [0.25, 0.3) is 5.91 Å². The topological polar surface area (TPSA) is 61.4 Å². The molecule has 0 unspecified atom stereocenters. The van der Waals surface area contributed by atoms with Crippen LogP contribution in [0.1, 0.15) is 27.0 Å². The fourth-order valence-electron chi connectivity index (χ4n) is 4.62. The maximum Gasteiger partial charge on any atom is 0.252 e. The average molecular weight is 466 g/mol. The van der Waals surface area contributed by atoms with Gasteiger partial charge < -0.3 is 15.1 Å². The van der Waals surface area contributed by atoms with Crippen molar-refractivity contribution < 1.29 is 4.79 Å². The number of anilines is 1. The number of hydrogen-bond acceptors (Lipinski definition) is 5. The number of fused-ring (bicyclic) bond motifs is 1. The van der Waals surface area contributed by atoms with Crippen molar-refractivity contribution in [2.45, 2.75) is 20.4 Å². The Morgan fingerprint density at radius 2 is 1.77 bits per heavy atom. The first-order valence-electron chi connectivity index (χ1n) is 12.1. The van der Waals surface area contributed by atoms with Crippen molar-refractivity contribution in [3.63, 3.8) is 0 Å². The summed E-state index contributed by atoms with van der Waals surface area (Å²) in [6, 6.07) is 20.1. The molecular formula is C29H31N5O. The summed E-state index contributed by atoms with van der Waals surface area (Å²) in [6.07, 6.45) is 1.86. The van der Waals surface area contributed by atoms with E-state index in [1.165, 1.54) is 5.56 Å². The van der Waals surface area contributed by atoms with Crippen molar-refractivity contribution >= 4 is 22.6 Å². The minimum atomic E-state index is -0.113. The van der Waals surface area contributed by atoms with Gasteiger partial charge in [-0.1, -0.05) is 48.0 Å². The number of nitrogens with zero attached hydrogens (tertiary/aromatic N) is 4. The summed E-state index contributed by atoms with van der Waals surface area (Å²) in [5.41, 5.74) is 6.62. The molecule has 1 saturated heterocycles. The number of nitrogens with one attached hydrogen (secondary N) is 1. The summed E-state index contributed by atoms with van der Waals surface area (Å²) >= 11 is 0. The molecule has 2 aromatic carbocycles. The molecule has 5 rings (SSSR count). The van der Waals surface area contributed by atoms with Crippen LogP contribution in [0.2, 0.25) is 0 Å². The number of aromatic nitrogens is 2. The van der Waals surface area contributed by atoms with E-state index in [2.05, 4.69) is 59.2 Å². The maximum atomic E-state index is 13.3. The van der Waals surface area contributed by atoms with E-state index in [4.69, 9.17) is 4.98 Å². The zero-order chi connectivity index (χ0) is 24.4. The number of aryl methyl sites for hydroxylation is 2. The molecule has 6 nitrogen and oxygen atoms in total. The Hall–Kier alpha value is -3.77. The molecule has 1 amide bonds. The molecule has 1 aliphatic heterocycles. The van der Waals surface area contributed by atoms with Crippen LogP contribution >= 0.6 is 0 Å². The Labute approximate surface area is 206 Å². The van der Waals surface area contributed by atoms with Gasteiger partial charge in [0.15, 0.2) is 0 Å². The second kappa shape index (κ2) is 9.84. The zero-order valence-corrected chi connectivity index (χ0v) is 20.6. The van der Waals surface area contributed by atoms with E-state index in [0.29, 0.717) is 12.1 Å². The predicted octanol–water partition coefficient (Wildman–Crippen LogP) is 4.60. The quantitative estimate of drug-likeness (QED) is 0.467. The average Bonchev–Trinajstić information content (AvgIpc) is 2.87. The summed E-state index contributed by atoms with van der Waals surface area (Å²) in [5, 5.41) is 3.94. The van der Waals surface area contributed by atoms with E-state index in [-0.39, 0.29) is 5.91 Å². The van der Waals surface area contributed by atoms with Crippen LogP contribution in [0.25, 0.3) is 22.2 Å². The highest BCUT2D eigenvalue weighted by Gasteiger charge is 2.17. The number of rotatable bonds is 5. The molecule has 0 aliphatic carbocycles. The first kappa shape index (κ1) is 23.0. The van der Waals surface area contributed by atoms with Gasteiger partial charge in [-0.3, -0.25) is 4.79 Å². The third kappa shape index (κ3) is 5.03. The van der Waals surface area contributed by atoms with Crippen LogP contribution in [0, 0.1) is 13.8 Å². The standard InChI is InChI=1S/C29H31N5O/c1-20-8-10-23(21(2)16-20)27-17-25(24-6-4-5-7-26(24)32-27)29(35)31-19-22-9-11-28(30-18-22)34-14-12-33(3)13-15-34/h4-11,16-18H,12-15,19H2,1-3H3,(H,31,35). The van der Waals surface area contributed by atoms with Crippen molar-refractivity contribution in [3.05, 3.63) is 89.1 Å². The number of amides is 1. The van der Waals surface area contributed by atoms with Crippen LogP contribution in [-0.4, -0.2) is 54.0 Å². The van der Waals surface area contributed by atoms with Crippen molar-refractivity contribution in [2.75, 3.05) is 38.1 Å². The van der Waals surface area contributed by atoms with E-state index in [9.17, 15) is 4.79 Å². The highest BCUT2D eigenvalue weighted by molar-refractivity contribution is 6.07. The molecule has 35 heavy (non-hydrogen) atoms. The highest BCUT2D eigenvalue weighted by Crippen LogP contribution is 2.27. The Kier molecular flexibility index (Phi) is 6.47. The van der Waals surface area contributed by atoms with E-state index in [1.54, 1.807) is 0 Å². The lowest BCUT2D eigenvalue weighted by molar-refractivity contribution is 0.0952. The second-order valence-electron chi connectivity index (χ2n) is 9.39. The number of pyridine rings is 2. The van der Waals surface area contributed by atoms with Gasteiger partial charge >= 0.3 is 0 Å². The fourth-order valence-corrected chi connectivity index (χ4v) is 4.62. The molecule has 1 N–H and O–H groups in total. The van der Waals surface area contributed by atoms with Crippen molar-refractivity contribution in [1.29, 1.82) is 0 Å². The molecule has 6 heteroatoms. The number of hydrogen-bond donors (Lipinski definition) is 1. The molecule has 1 aliphatic rings. The van der Waals surface area contributed by atoms with Crippen LogP contribution < -0.4 is 10.2 Å². The van der Waals surface area contributed by atoms with Gasteiger partial charge in [-0.2, -0.15) is 0 Å². The molecule has 4 aromatic rings. The molecule has 3 heterocycles. The van der Waals surface area contributed by atoms with Gasteiger partial charge in [0.1, 0.15) is 5.82 Å². The predicted molar refractivity (Wildman–Crippen MR) is 142 cm³/mol. The van der Waals surface area contributed by atoms with Gasteiger partial charge in [-0.15, -0.1) is 0 Å². The van der Waals surface area contributed by atoms with Crippen LogP contribution in [0.4, 0.5) is 5.82 Å².